The molecule has 0 aliphatic carbocycles. The number of amides is 2. The highest BCUT2D eigenvalue weighted by molar-refractivity contribution is 5.94. The summed E-state index contributed by atoms with van der Waals surface area (Å²) in [5, 5.41) is 2.80. The second kappa shape index (κ2) is 7.94. The average molecular weight is 321 g/mol. The maximum Gasteiger partial charge on any atom is 0.259 e. The lowest BCUT2D eigenvalue weighted by atomic mass is 10.2. The van der Waals surface area contributed by atoms with Gasteiger partial charge in [0.1, 0.15) is 11.9 Å². The van der Waals surface area contributed by atoms with Crippen molar-refractivity contribution in [1.29, 1.82) is 0 Å². The molecule has 0 bridgehead atoms. The van der Waals surface area contributed by atoms with Gasteiger partial charge in [-0.2, -0.15) is 0 Å². The number of carbonyl (C=O) groups is 2. The Kier molecular flexibility index (Phi) is 5.95. The van der Waals surface area contributed by atoms with E-state index in [2.05, 4.69) is 5.32 Å². The minimum absolute atomic E-state index is 0.0188. The number of anilines is 1. The van der Waals surface area contributed by atoms with E-state index in [1.807, 2.05) is 0 Å². The van der Waals surface area contributed by atoms with E-state index in [-0.39, 0.29) is 24.5 Å². The molecule has 3 N–H and O–H groups in total. The van der Waals surface area contributed by atoms with Gasteiger partial charge >= 0.3 is 0 Å². The summed E-state index contributed by atoms with van der Waals surface area (Å²) in [5.74, 6) is 0.283. The summed E-state index contributed by atoms with van der Waals surface area (Å²) in [4.78, 5) is 25.0. The van der Waals surface area contributed by atoms with Crippen LogP contribution in [0.15, 0.2) is 24.3 Å². The fourth-order valence-corrected chi connectivity index (χ4v) is 2.20. The summed E-state index contributed by atoms with van der Waals surface area (Å²) in [6.07, 6.45) is 1.01. The molecule has 126 valence electrons. The van der Waals surface area contributed by atoms with Gasteiger partial charge in [-0.3, -0.25) is 9.59 Å². The largest absolute Gasteiger partial charge is 0.484 e. The summed E-state index contributed by atoms with van der Waals surface area (Å²) in [6, 6.07) is 6.86. The second-order valence-electron chi connectivity index (χ2n) is 5.65. The zero-order valence-electron chi connectivity index (χ0n) is 13.5. The number of rotatable bonds is 6. The maximum absolute atomic E-state index is 12.1. The summed E-state index contributed by atoms with van der Waals surface area (Å²) < 4.78 is 10.9. The molecule has 1 heterocycles. The number of benzene rings is 1. The molecule has 0 aromatic heterocycles. The van der Waals surface area contributed by atoms with Crippen LogP contribution in [0.4, 0.5) is 5.69 Å². The molecule has 1 aromatic rings. The van der Waals surface area contributed by atoms with Crippen molar-refractivity contribution in [1.82, 2.24) is 4.90 Å². The summed E-state index contributed by atoms with van der Waals surface area (Å²) in [6.45, 7) is 0.413. The van der Waals surface area contributed by atoms with Crippen LogP contribution in [0.2, 0.25) is 0 Å². The third kappa shape index (κ3) is 4.94. The highest BCUT2D eigenvalue weighted by Gasteiger charge is 2.29. The number of nitrogens with zero attached hydrogens (tertiary/aromatic N) is 1. The van der Waals surface area contributed by atoms with Crippen molar-refractivity contribution >= 4 is 17.5 Å². The van der Waals surface area contributed by atoms with E-state index < -0.39 is 6.10 Å². The monoisotopic (exact) mass is 321 g/mol. The standard InChI is InChI=1S/C16H23N3O4/c1-19(2)15(20)10-22-12-5-3-11(4-6-12)18-16(21)14-8-7-13(9-17)23-14/h3-6,13-14H,7-10,17H2,1-2H3,(H,18,21)/t13-,14+/m1/s1. The normalized spacial score (nSPS) is 20.1. The molecule has 2 rings (SSSR count). The second-order valence-corrected chi connectivity index (χ2v) is 5.65. The quantitative estimate of drug-likeness (QED) is 0.800. The van der Waals surface area contributed by atoms with E-state index in [9.17, 15) is 9.59 Å². The van der Waals surface area contributed by atoms with E-state index in [0.29, 0.717) is 24.4 Å². The maximum atomic E-state index is 12.1. The van der Waals surface area contributed by atoms with Gasteiger partial charge in [0, 0.05) is 26.3 Å². The zero-order chi connectivity index (χ0) is 16.8. The van der Waals surface area contributed by atoms with Gasteiger partial charge in [0.2, 0.25) is 0 Å². The molecule has 1 saturated heterocycles. The van der Waals surface area contributed by atoms with Crippen molar-refractivity contribution in [3.63, 3.8) is 0 Å². The van der Waals surface area contributed by atoms with Gasteiger partial charge in [-0.15, -0.1) is 0 Å². The summed E-state index contributed by atoms with van der Waals surface area (Å²) in [5.41, 5.74) is 6.19. The van der Waals surface area contributed by atoms with E-state index in [1.165, 1.54) is 4.90 Å². The molecular weight excluding hydrogens is 298 g/mol. The Bertz CT molecular complexity index is 545. The molecule has 1 aliphatic heterocycles. The molecule has 1 aromatic carbocycles. The van der Waals surface area contributed by atoms with E-state index >= 15 is 0 Å². The third-order valence-corrected chi connectivity index (χ3v) is 3.65. The fourth-order valence-electron chi connectivity index (χ4n) is 2.20. The number of nitrogens with one attached hydrogen (secondary N) is 1. The van der Waals surface area contributed by atoms with Gasteiger partial charge in [-0.1, -0.05) is 0 Å². The summed E-state index contributed by atoms with van der Waals surface area (Å²) in [7, 11) is 3.34. The van der Waals surface area contributed by atoms with Crippen LogP contribution in [0, 0.1) is 0 Å². The minimum atomic E-state index is -0.447. The highest BCUT2D eigenvalue weighted by atomic mass is 16.5. The van der Waals surface area contributed by atoms with Crippen molar-refractivity contribution in [2.75, 3.05) is 32.6 Å². The van der Waals surface area contributed by atoms with Crippen LogP contribution in [0.1, 0.15) is 12.8 Å². The third-order valence-electron chi connectivity index (χ3n) is 3.65. The molecule has 1 fully saturated rings. The topological polar surface area (TPSA) is 93.9 Å². The molecule has 23 heavy (non-hydrogen) atoms. The Hall–Kier alpha value is -2.12. The molecule has 7 heteroatoms. The van der Waals surface area contributed by atoms with E-state index in [0.717, 1.165) is 6.42 Å². The molecule has 0 radical (unpaired) electrons. The molecule has 7 nitrogen and oxygen atoms in total. The van der Waals surface area contributed by atoms with Gasteiger partial charge in [0.15, 0.2) is 6.61 Å². The van der Waals surface area contributed by atoms with E-state index in [1.54, 1.807) is 38.4 Å². The van der Waals surface area contributed by atoms with Crippen molar-refractivity contribution < 1.29 is 19.1 Å². The lowest BCUT2D eigenvalue weighted by Gasteiger charge is -2.13. The highest BCUT2D eigenvalue weighted by Crippen LogP contribution is 2.21. The average Bonchev–Trinajstić information content (AvgIpc) is 3.03. The van der Waals surface area contributed by atoms with Crippen molar-refractivity contribution in [3.05, 3.63) is 24.3 Å². The SMILES string of the molecule is CN(C)C(=O)COc1ccc(NC(=O)[C@@H]2CC[C@H](CN)O2)cc1. The first kappa shape index (κ1) is 17.2. The van der Waals surface area contributed by atoms with Crippen LogP contribution >= 0.6 is 0 Å². The Morgan fingerprint density at radius 1 is 1.30 bits per heavy atom. The molecular formula is C16H23N3O4. The molecule has 0 unspecified atom stereocenters. The van der Waals surface area contributed by atoms with Crippen molar-refractivity contribution in [3.8, 4) is 5.75 Å². The van der Waals surface area contributed by atoms with Gasteiger partial charge in [0.05, 0.1) is 6.10 Å². The molecule has 0 spiro atoms. The number of hydrogen-bond donors (Lipinski definition) is 2. The summed E-state index contributed by atoms with van der Waals surface area (Å²) >= 11 is 0. The minimum Gasteiger partial charge on any atom is -0.484 e. The number of nitrogens with two attached hydrogens (primary N) is 1. The number of hydrogen-bond acceptors (Lipinski definition) is 5. The molecule has 2 atom stereocenters. The number of ether oxygens (including phenoxy) is 2. The fraction of sp³-hybridized carbons (Fsp3) is 0.500. The lowest BCUT2D eigenvalue weighted by molar-refractivity contribution is -0.130. The Morgan fingerprint density at radius 3 is 2.57 bits per heavy atom. The van der Waals surface area contributed by atoms with E-state index in [4.69, 9.17) is 15.2 Å². The van der Waals surface area contributed by atoms with Crippen molar-refractivity contribution in [2.45, 2.75) is 25.0 Å². The van der Waals surface area contributed by atoms with Gasteiger partial charge in [-0.05, 0) is 37.1 Å². The molecule has 1 aliphatic rings. The van der Waals surface area contributed by atoms with Gasteiger partial charge < -0.3 is 25.4 Å². The van der Waals surface area contributed by atoms with Crippen LogP contribution in [-0.2, 0) is 14.3 Å². The van der Waals surface area contributed by atoms with Crippen LogP contribution in [0.5, 0.6) is 5.75 Å². The van der Waals surface area contributed by atoms with Gasteiger partial charge in [0.25, 0.3) is 11.8 Å². The van der Waals surface area contributed by atoms with Gasteiger partial charge in [-0.25, -0.2) is 0 Å². The first-order chi connectivity index (χ1) is 11.0. The molecule has 2 amide bonds. The van der Waals surface area contributed by atoms with Crippen LogP contribution in [0.25, 0.3) is 0 Å². The first-order valence-electron chi connectivity index (χ1n) is 7.59. The zero-order valence-corrected chi connectivity index (χ0v) is 13.5. The van der Waals surface area contributed by atoms with Crippen molar-refractivity contribution in [2.24, 2.45) is 5.73 Å². The van der Waals surface area contributed by atoms with Crippen LogP contribution < -0.4 is 15.8 Å². The predicted molar refractivity (Wildman–Crippen MR) is 86.2 cm³/mol. The Morgan fingerprint density at radius 2 is 2.00 bits per heavy atom. The predicted octanol–water partition coefficient (Wildman–Crippen LogP) is 0.598. The number of likely N-dealkylation sites (N-methyl/N-ethyl adjacent to an activating group) is 1. The van der Waals surface area contributed by atoms with Crippen LogP contribution in [0.3, 0.4) is 0 Å². The van der Waals surface area contributed by atoms with Crippen LogP contribution in [-0.4, -0.2) is 56.2 Å². The Labute approximate surface area is 135 Å². The Balaban J connectivity index is 1.83. The smallest absolute Gasteiger partial charge is 0.259 e. The molecule has 0 saturated carbocycles. The lowest BCUT2D eigenvalue weighted by Crippen LogP contribution is -2.29. The first-order valence-corrected chi connectivity index (χ1v) is 7.59. The number of carbonyl (C=O) groups excluding carboxylic acids is 2.